The number of likely N-dealkylation sites (tertiary alicyclic amines) is 1. The molecule has 6 heteroatoms. The third-order valence-electron chi connectivity index (χ3n) is 3.71. The fourth-order valence-electron chi connectivity index (χ4n) is 2.17. The molecule has 108 valence electrons. The maximum absolute atomic E-state index is 11.8. The van der Waals surface area contributed by atoms with Crippen molar-refractivity contribution in [2.45, 2.75) is 13.3 Å². The molecule has 1 aliphatic rings. The van der Waals surface area contributed by atoms with Gasteiger partial charge in [-0.2, -0.15) is 0 Å². The van der Waals surface area contributed by atoms with Crippen LogP contribution in [0.5, 0.6) is 0 Å². The predicted octanol–water partition coefficient (Wildman–Crippen LogP) is 0.986. The zero-order valence-corrected chi connectivity index (χ0v) is 11.5. The molecule has 1 unspecified atom stereocenters. The first-order chi connectivity index (χ1) is 9.58. The lowest BCUT2D eigenvalue weighted by molar-refractivity contribution is -0.144. The molecular formula is C14H19N3O3. The molecule has 0 aliphatic carbocycles. The first-order valence-electron chi connectivity index (χ1n) is 6.72. The molecule has 1 saturated heterocycles. The van der Waals surface area contributed by atoms with Gasteiger partial charge in [-0.25, -0.2) is 4.79 Å². The minimum absolute atomic E-state index is 0.0663. The Bertz CT molecular complexity index is 472. The Hall–Kier alpha value is -2.11. The van der Waals surface area contributed by atoms with Gasteiger partial charge in [-0.15, -0.1) is 0 Å². The van der Waals surface area contributed by atoms with E-state index >= 15 is 0 Å². The van der Waals surface area contributed by atoms with Crippen LogP contribution in [-0.4, -0.2) is 46.6 Å². The molecule has 1 aromatic heterocycles. The molecule has 0 aromatic carbocycles. The van der Waals surface area contributed by atoms with Gasteiger partial charge in [-0.05, 0) is 18.1 Å². The zero-order valence-electron chi connectivity index (χ0n) is 11.5. The van der Waals surface area contributed by atoms with E-state index in [9.17, 15) is 9.59 Å². The first-order valence-corrected chi connectivity index (χ1v) is 6.72. The number of hydrogen-bond donors (Lipinski definition) is 2. The van der Waals surface area contributed by atoms with E-state index in [-0.39, 0.29) is 11.9 Å². The smallest absolute Gasteiger partial charge is 0.317 e. The molecule has 2 rings (SSSR count). The molecule has 2 N–H and O–H groups in total. The Balaban J connectivity index is 1.66. The number of carboxylic acids is 1. The van der Waals surface area contributed by atoms with E-state index < -0.39 is 11.9 Å². The monoisotopic (exact) mass is 277 g/mol. The van der Waals surface area contributed by atoms with Crippen LogP contribution in [-0.2, 0) is 11.2 Å². The Labute approximate surface area is 117 Å². The Kier molecular flexibility index (Phi) is 4.55. The van der Waals surface area contributed by atoms with Gasteiger partial charge in [0.25, 0.3) is 0 Å². The van der Waals surface area contributed by atoms with Crippen LogP contribution in [0.2, 0.25) is 0 Å². The van der Waals surface area contributed by atoms with Crippen LogP contribution in [0, 0.1) is 11.8 Å². The van der Waals surface area contributed by atoms with Gasteiger partial charge in [0, 0.05) is 37.9 Å². The van der Waals surface area contributed by atoms with Gasteiger partial charge >= 0.3 is 12.0 Å². The summed E-state index contributed by atoms with van der Waals surface area (Å²) in [7, 11) is 0. The number of aliphatic carboxylic acids is 1. The molecule has 0 bridgehead atoms. The van der Waals surface area contributed by atoms with E-state index in [0.29, 0.717) is 19.6 Å². The van der Waals surface area contributed by atoms with Crippen molar-refractivity contribution in [2.75, 3.05) is 19.6 Å². The highest BCUT2D eigenvalue weighted by Crippen LogP contribution is 2.23. The van der Waals surface area contributed by atoms with Crippen molar-refractivity contribution in [3.63, 3.8) is 0 Å². The predicted molar refractivity (Wildman–Crippen MR) is 73.2 cm³/mol. The summed E-state index contributed by atoms with van der Waals surface area (Å²) in [5.74, 6) is -1.13. The molecule has 20 heavy (non-hydrogen) atoms. The Morgan fingerprint density at radius 2 is 2.30 bits per heavy atom. The maximum atomic E-state index is 11.8. The Morgan fingerprint density at radius 3 is 2.90 bits per heavy atom. The van der Waals surface area contributed by atoms with Crippen molar-refractivity contribution in [1.29, 1.82) is 0 Å². The third-order valence-corrected chi connectivity index (χ3v) is 3.71. The fraction of sp³-hybridized carbons (Fsp3) is 0.500. The standard InChI is InChI=1S/C14H19N3O3/c1-10(13(18)19)12-8-17(9-12)14(20)16-6-4-11-3-2-5-15-7-11/h2-3,5,7,10,12H,4,6,8-9H2,1H3,(H,16,20)(H,18,19). The van der Waals surface area contributed by atoms with Gasteiger partial charge in [0.05, 0.1) is 5.92 Å². The van der Waals surface area contributed by atoms with Crippen LogP contribution in [0.3, 0.4) is 0 Å². The summed E-state index contributed by atoms with van der Waals surface area (Å²) in [5.41, 5.74) is 1.08. The van der Waals surface area contributed by atoms with Crippen LogP contribution in [0.1, 0.15) is 12.5 Å². The Morgan fingerprint density at radius 1 is 1.55 bits per heavy atom. The number of carbonyl (C=O) groups excluding carboxylic acids is 1. The van der Waals surface area contributed by atoms with E-state index in [1.54, 1.807) is 24.2 Å². The molecule has 6 nitrogen and oxygen atoms in total. The zero-order chi connectivity index (χ0) is 14.5. The van der Waals surface area contributed by atoms with Crippen LogP contribution in [0.4, 0.5) is 4.79 Å². The minimum Gasteiger partial charge on any atom is -0.481 e. The van der Waals surface area contributed by atoms with Crippen molar-refractivity contribution in [1.82, 2.24) is 15.2 Å². The molecule has 0 radical (unpaired) electrons. The van der Waals surface area contributed by atoms with E-state index in [1.165, 1.54) is 0 Å². The molecule has 1 fully saturated rings. The molecule has 1 aliphatic heterocycles. The summed E-state index contributed by atoms with van der Waals surface area (Å²) in [5, 5.41) is 11.7. The number of aromatic nitrogens is 1. The number of nitrogens with one attached hydrogen (secondary N) is 1. The molecule has 0 spiro atoms. The van der Waals surface area contributed by atoms with Gasteiger partial charge < -0.3 is 15.3 Å². The summed E-state index contributed by atoms with van der Waals surface area (Å²) >= 11 is 0. The molecule has 2 heterocycles. The van der Waals surface area contributed by atoms with E-state index in [0.717, 1.165) is 12.0 Å². The molecular weight excluding hydrogens is 258 g/mol. The average Bonchev–Trinajstić information content (AvgIpc) is 2.38. The summed E-state index contributed by atoms with van der Waals surface area (Å²) in [6, 6.07) is 3.71. The van der Waals surface area contributed by atoms with E-state index in [4.69, 9.17) is 5.11 Å². The lowest BCUT2D eigenvalue weighted by Gasteiger charge is -2.41. The molecule has 0 saturated carbocycles. The highest BCUT2D eigenvalue weighted by atomic mass is 16.4. The summed E-state index contributed by atoms with van der Waals surface area (Å²) in [6.07, 6.45) is 4.23. The van der Waals surface area contributed by atoms with Crippen molar-refractivity contribution < 1.29 is 14.7 Å². The molecule has 1 aromatic rings. The number of rotatable bonds is 5. The lowest BCUT2D eigenvalue weighted by Crippen LogP contribution is -2.56. The summed E-state index contributed by atoms with van der Waals surface area (Å²) in [4.78, 5) is 28.3. The quantitative estimate of drug-likeness (QED) is 0.840. The van der Waals surface area contributed by atoms with Crippen molar-refractivity contribution in [3.8, 4) is 0 Å². The normalized spacial score (nSPS) is 16.4. The second-order valence-corrected chi connectivity index (χ2v) is 5.14. The van der Waals surface area contributed by atoms with Crippen LogP contribution in [0.25, 0.3) is 0 Å². The number of urea groups is 1. The van der Waals surface area contributed by atoms with Gasteiger partial charge in [0.1, 0.15) is 0 Å². The van der Waals surface area contributed by atoms with E-state index in [2.05, 4.69) is 10.3 Å². The highest BCUT2D eigenvalue weighted by Gasteiger charge is 2.36. The molecule has 2 amide bonds. The first kappa shape index (κ1) is 14.3. The summed E-state index contributed by atoms with van der Waals surface area (Å²) in [6.45, 7) is 3.28. The third kappa shape index (κ3) is 3.46. The number of nitrogens with zero attached hydrogens (tertiary/aromatic N) is 2. The van der Waals surface area contributed by atoms with Gasteiger partial charge in [-0.1, -0.05) is 13.0 Å². The lowest BCUT2D eigenvalue weighted by atomic mass is 9.87. The summed E-state index contributed by atoms with van der Waals surface area (Å²) < 4.78 is 0. The highest BCUT2D eigenvalue weighted by molar-refractivity contribution is 5.76. The van der Waals surface area contributed by atoms with E-state index in [1.807, 2.05) is 12.1 Å². The number of carboxylic acid groups (broad SMARTS) is 1. The topological polar surface area (TPSA) is 82.5 Å². The largest absolute Gasteiger partial charge is 0.481 e. The van der Waals surface area contributed by atoms with Crippen molar-refractivity contribution >= 4 is 12.0 Å². The van der Waals surface area contributed by atoms with Crippen LogP contribution >= 0.6 is 0 Å². The van der Waals surface area contributed by atoms with Gasteiger partial charge in [0.15, 0.2) is 0 Å². The van der Waals surface area contributed by atoms with Crippen LogP contribution < -0.4 is 5.32 Å². The number of hydrogen-bond acceptors (Lipinski definition) is 3. The number of amides is 2. The van der Waals surface area contributed by atoms with Gasteiger partial charge in [-0.3, -0.25) is 9.78 Å². The maximum Gasteiger partial charge on any atom is 0.317 e. The minimum atomic E-state index is -0.799. The van der Waals surface area contributed by atoms with Crippen molar-refractivity contribution in [2.24, 2.45) is 11.8 Å². The number of carbonyl (C=O) groups is 2. The van der Waals surface area contributed by atoms with Crippen molar-refractivity contribution in [3.05, 3.63) is 30.1 Å². The SMILES string of the molecule is CC(C(=O)O)C1CN(C(=O)NCCc2cccnc2)C1. The second kappa shape index (κ2) is 6.36. The second-order valence-electron chi connectivity index (χ2n) is 5.14. The van der Waals surface area contributed by atoms with Gasteiger partial charge in [0.2, 0.25) is 0 Å². The molecule has 1 atom stereocenters. The average molecular weight is 277 g/mol. The van der Waals surface area contributed by atoms with Crippen LogP contribution in [0.15, 0.2) is 24.5 Å². The fourth-order valence-corrected chi connectivity index (χ4v) is 2.17. The number of pyridine rings is 1.